The van der Waals surface area contributed by atoms with Gasteiger partial charge in [-0.15, -0.1) is 0 Å². The zero-order chi connectivity index (χ0) is 19.5. The molecule has 2 fully saturated rings. The number of anilines is 1. The Hall–Kier alpha value is -2.09. The molecule has 2 aromatic carbocycles. The first kappa shape index (κ1) is 19.2. The van der Waals surface area contributed by atoms with Gasteiger partial charge >= 0.3 is 0 Å². The number of halogens is 1. The topological polar surface area (TPSA) is 49.9 Å². The minimum Gasteiger partial charge on any atom is -0.378 e. The van der Waals surface area contributed by atoms with Crippen LogP contribution in [0.4, 0.5) is 10.5 Å². The number of benzene rings is 2. The maximum absolute atomic E-state index is 12.7. The van der Waals surface area contributed by atoms with Crippen LogP contribution in [0.5, 0.6) is 0 Å². The van der Waals surface area contributed by atoms with E-state index < -0.39 is 0 Å². The molecule has 0 saturated carbocycles. The Kier molecular flexibility index (Phi) is 5.85. The van der Waals surface area contributed by atoms with E-state index in [1.165, 1.54) is 4.90 Å². The molecular weight excluding hydrogens is 440 g/mol. The average Bonchev–Trinajstić information content (AvgIpc) is 2.98. The highest BCUT2D eigenvalue weighted by molar-refractivity contribution is 9.10. The Morgan fingerprint density at radius 1 is 1.00 bits per heavy atom. The number of rotatable bonds is 4. The summed E-state index contributed by atoms with van der Waals surface area (Å²) < 4.78 is 6.35. The molecule has 5 nitrogen and oxygen atoms in total. The van der Waals surface area contributed by atoms with Gasteiger partial charge in [-0.2, -0.15) is 0 Å². The van der Waals surface area contributed by atoms with Crippen LogP contribution in [0.3, 0.4) is 0 Å². The summed E-state index contributed by atoms with van der Waals surface area (Å²) in [6.07, 6.45) is 1.79. The summed E-state index contributed by atoms with van der Waals surface area (Å²) in [6, 6.07) is 15.7. The van der Waals surface area contributed by atoms with Crippen LogP contribution in [0.25, 0.3) is 6.08 Å². The van der Waals surface area contributed by atoms with Gasteiger partial charge in [-0.05, 0) is 53.2 Å². The van der Waals surface area contributed by atoms with Crippen LogP contribution >= 0.6 is 27.7 Å². The summed E-state index contributed by atoms with van der Waals surface area (Å²) >= 11 is 4.38. The van der Waals surface area contributed by atoms with Gasteiger partial charge in [0, 0.05) is 23.2 Å². The van der Waals surface area contributed by atoms with Crippen LogP contribution in [-0.2, 0) is 16.1 Å². The minimum absolute atomic E-state index is 0.232. The molecular formula is C21H19BrN2O3S. The van der Waals surface area contributed by atoms with Crippen LogP contribution in [0.1, 0.15) is 11.1 Å². The van der Waals surface area contributed by atoms with Gasteiger partial charge < -0.3 is 9.64 Å². The van der Waals surface area contributed by atoms with E-state index in [0.717, 1.165) is 59.4 Å². The van der Waals surface area contributed by atoms with Crippen molar-refractivity contribution in [1.29, 1.82) is 0 Å². The lowest BCUT2D eigenvalue weighted by Gasteiger charge is -2.28. The van der Waals surface area contributed by atoms with Gasteiger partial charge in [0.25, 0.3) is 11.1 Å². The normalized spacial score (nSPS) is 19.0. The number of imide groups is 1. The van der Waals surface area contributed by atoms with Crippen molar-refractivity contribution in [3.8, 4) is 0 Å². The third kappa shape index (κ3) is 4.32. The molecule has 28 heavy (non-hydrogen) atoms. The number of thioether (sulfide) groups is 1. The van der Waals surface area contributed by atoms with Crippen molar-refractivity contribution in [2.45, 2.75) is 6.54 Å². The summed E-state index contributed by atoms with van der Waals surface area (Å²) in [5.41, 5.74) is 2.97. The van der Waals surface area contributed by atoms with Crippen LogP contribution in [-0.4, -0.2) is 42.3 Å². The molecule has 0 atom stereocenters. The fourth-order valence-corrected chi connectivity index (χ4v) is 4.27. The van der Waals surface area contributed by atoms with Crippen molar-refractivity contribution in [3.63, 3.8) is 0 Å². The predicted molar refractivity (Wildman–Crippen MR) is 115 cm³/mol. The molecule has 2 aliphatic heterocycles. The second-order valence-electron chi connectivity index (χ2n) is 6.59. The van der Waals surface area contributed by atoms with Gasteiger partial charge in [-0.25, -0.2) is 0 Å². The molecule has 7 heteroatoms. The Labute approximate surface area is 176 Å². The number of nitrogens with zero attached hydrogens (tertiary/aromatic N) is 2. The molecule has 0 aliphatic carbocycles. The van der Waals surface area contributed by atoms with Crippen molar-refractivity contribution in [2.24, 2.45) is 0 Å². The average molecular weight is 459 g/mol. The largest absolute Gasteiger partial charge is 0.378 e. The summed E-state index contributed by atoms with van der Waals surface area (Å²) in [5, 5.41) is -0.232. The quantitative estimate of drug-likeness (QED) is 0.630. The zero-order valence-electron chi connectivity index (χ0n) is 15.1. The highest BCUT2D eigenvalue weighted by atomic mass is 79.9. The first-order chi connectivity index (χ1) is 13.6. The Morgan fingerprint density at radius 3 is 2.36 bits per heavy atom. The lowest BCUT2D eigenvalue weighted by atomic mass is 10.1. The molecule has 0 radical (unpaired) electrons. The molecule has 4 rings (SSSR count). The van der Waals surface area contributed by atoms with E-state index in [0.29, 0.717) is 4.91 Å². The maximum Gasteiger partial charge on any atom is 0.293 e. The smallest absolute Gasteiger partial charge is 0.293 e. The predicted octanol–water partition coefficient (Wildman–Crippen LogP) is 4.52. The molecule has 0 N–H and O–H groups in total. The third-order valence-corrected chi connectivity index (χ3v) is 6.13. The van der Waals surface area contributed by atoms with Crippen LogP contribution < -0.4 is 4.90 Å². The standard InChI is InChI=1S/C21H19BrN2O3S/c22-17-5-1-16(2-6-17)14-24-20(25)19(28-21(24)26)13-15-3-7-18(8-4-15)23-9-11-27-12-10-23/h1-8,13H,9-12,14H2/b19-13-. The van der Waals surface area contributed by atoms with Crippen LogP contribution in [0, 0.1) is 0 Å². The summed E-state index contributed by atoms with van der Waals surface area (Å²) in [5.74, 6) is -0.241. The molecule has 0 aromatic heterocycles. The van der Waals surface area contributed by atoms with Crippen molar-refractivity contribution in [1.82, 2.24) is 4.90 Å². The fourth-order valence-electron chi connectivity index (χ4n) is 3.16. The van der Waals surface area contributed by atoms with Crippen molar-refractivity contribution < 1.29 is 14.3 Å². The number of ether oxygens (including phenoxy) is 1. The lowest BCUT2D eigenvalue weighted by Crippen LogP contribution is -2.36. The first-order valence-corrected chi connectivity index (χ1v) is 10.6. The molecule has 2 amide bonds. The third-order valence-electron chi connectivity index (χ3n) is 4.69. The number of hydrogen-bond acceptors (Lipinski definition) is 5. The number of carbonyl (C=O) groups is 2. The van der Waals surface area contributed by atoms with Gasteiger partial charge in [0.2, 0.25) is 0 Å². The summed E-state index contributed by atoms with van der Waals surface area (Å²) in [6.45, 7) is 3.54. The fraction of sp³-hybridized carbons (Fsp3) is 0.238. The minimum atomic E-state index is -0.241. The zero-order valence-corrected chi connectivity index (χ0v) is 17.5. The summed E-state index contributed by atoms with van der Waals surface area (Å²) in [4.78, 5) is 29.0. The Morgan fingerprint density at radius 2 is 1.68 bits per heavy atom. The van der Waals surface area contributed by atoms with E-state index >= 15 is 0 Å². The molecule has 0 bridgehead atoms. The number of hydrogen-bond donors (Lipinski definition) is 0. The second-order valence-corrected chi connectivity index (χ2v) is 8.49. The summed E-state index contributed by atoms with van der Waals surface area (Å²) in [7, 11) is 0. The number of morpholine rings is 1. The lowest BCUT2D eigenvalue weighted by molar-refractivity contribution is -0.123. The Balaban J connectivity index is 1.46. The molecule has 144 valence electrons. The molecule has 2 aromatic rings. The molecule has 2 aliphatic rings. The van der Waals surface area contributed by atoms with Crippen LogP contribution in [0.15, 0.2) is 57.9 Å². The van der Waals surface area contributed by atoms with Gasteiger partial charge in [-0.3, -0.25) is 14.5 Å². The van der Waals surface area contributed by atoms with Gasteiger partial charge in [-0.1, -0.05) is 40.2 Å². The highest BCUT2D eigenvalue weighted by Gasteiger charge is 2.34. The number of amides is 2. The highest BCUT2D eigenvalue weighted by Crippen LogP contribution is 2.33. The van der Waals surface area contributed by atoms with E-state index in [9.17, 15) is 9.59 Å². The van der Waals surface area contributed by atoms with Gasteiger partial charge in [0.15, 0.2) is 0 Å². The monoisotopic (exact) mass is 458 g/mol. The van der Waals surface area contributed by atoms with Crippen molar-refractivity contribution in [3.05, 3.63) is 69.0 Å². The van der Waals surface area contributed by atoms with E-state index in [-0.39, 0.29) is 17.7 Å². The molecule has 0 spiro atoms. The van der Waals surface area contributed by atoms with E-state index in [2.05, 4.69) is 20.8 Å². The first-order valence-electron chi connectivity index (χ1n) is 9.03. The van der Waals surface area contributed by atoms with E-state index in [1.54, 1.807) is 6.08 Å². The van der Waals surface area contributed by atoms with Crippen molar-refractivity contribution >= 4 is 50.6 Å². The molecule has 0 unspecified atom stereocenters. The van der Waals surface area contributed by atoms with E-state index in [4.69, 9.17) is 4.74 Å². The maximum atomic E-state index is 12.7. The van der Waals surface area contributed by atoms with Gasteiger partial charge in [0.1, 0.15) is 0 Å². The number of carbonyl (C=O) groups excluding carboxylic acids is 2. The van der Waals surface area contributed by atoms with Gasteiger partial charge in [0.05, 0.1) is 24.7 Å². The molecule has 2 saturated heterocycles. The second kappa shape index (κ2) is 8.51. The SMILES string of the molecule is O=C1S/C(=C\c2ccc(N3CCOCC3)cc2)C(=O)N1Cc1ccc(Br)cc1. The Bertz CT molecular complexity index is 906. The van der Waals surface area contributed by atoms with E-state index in [1.807, 2.05) is 48.5 Å². The molecule has 2 heterocycles. The van der Waals surface area contributed by atoms with Crippen LogP contribution in [0.2, 0.25) is 0 Å². The van der Waals surface area contributed by atoms with Crippen molar-refractivity contribution in [2.75, 3.05) is 31.2 Å².